The molecule has 2 aliphatic heterocycles. The molecule has 0 fully saturated rings. The zero-order chi connectivity index (χ0) is 24.5. The van der Waals surface area contributed by atoms with Crippen LogP contribution in [-0.2, 0) is 25.9 Å². The SMILES string of the molecule is CCCc1c(C)nc(CN(C)C)nc1N1CCOc2ccc(-c3cnc4c(c3)N=C(N)C4)cc2C1. The topological polar surface area (TPSA) is 92.8 Å². The summed E-state index contributed by atoms with van der Waals surface area (Å²) in [5, 5.41) is 0. The van der Waals surface area contributed by atoms with Crippen molar-refractivity contribution >= 4 is 17.3 Å². The molecule has 0 aliphatic carbocycles. The number of fused-ring (bicyclic) bond motifs is 2. The highest BCUT2D eigenvalue weighted by Crippen LogP contribution is 2.34. The van der Waals surface area contributed by atoms with E-state index in [-0.39, 0.29) is 0 Å². The molecule has 1 aromatic carbocycles. The number of hydrogen-bond donors (Lipinski definition) is 1. The number of aromatic nitrogens is 3. The maximum atomic E-state index is 6.16. The molecule has 0 saturated heterocycles. The Morgan fingerprint density at radius 1 is 1.14 bits per heavy atom. The molecule has 0 radical (unpaired) electrons. The van der Waals surface area contributed by atoms with Crippen molar-refractivity contribution in [3.63, 3.8) is 0 Å². The van der Waals surface area contributed by atoms with Gasteiger partial charge in [-0.2, -0.15) is 0 Å². The lowest BCUT2D eigenvalue weighted by atomic mass is 10.0. The third-order valence-electron chi connectivity index (χ3n) is 6.43. The number of benzene rings is 1. The van der Waals surface area contributed by atoms with Gasteiger partial charge in [-0.15, -0.1) is 0 Å². The molecule has 182 valence electrons. The molecule has 0 bridgehead atoms. The van der Waals surface area contributed by atoms with Gasteiger partial charge in [0.25, 0.3) is 0 Å². The monoisotopic (exact) mass is 471 g/mol. The number of rotatable bonds is 6. The Hall–Kier alpha value is -3.52. The van der Waals surface area contributed by atoms with Gasteiger partial charge in [-0.3, -0.25) is 4.98 Å². The van der Waals surface area contributed by atoms with E-state index >= 15 is 0 Å². The van der Waals surface area contributed by atoms with Crippen LogP contribution in [0, 0.1) is 6.92 Å². The van der Waals surface area contributed by atoms with Gasteiger partial charge in [0.05, 0.1) is 24.5 Å². The predicted molar refractivity (Wildman–Crippen MR) is 139 cm³/mol. The molecule has 8 heteroatoms. The van der Waals surface area contributed by atoms with Crippen LogP contribution < -0.4 is 15.4 Å². The van der Waals surface area contributed by atoms with Crippen molar-refractivity contribution in [3.05, 3.63) is 58.8 Å². The minimum atomic E-state index is 0.609. The molecule has 8 nitrogen and oxygen atoms in total. The van der Waals surface area contributed by atoms with E-state index in [1.807, 2.05) is 20.3 Å². The molecule has 2 aromatic heterocycles. The first-order chi connectivity index (χ1) is 16.9. The first-order valence-corrected chi connectivity index (χ1v) is 12.3. The summed E-state index contributed by atoms with van der Waals surface area (Å²) in [4.78, 5) is 23.3. The quantitative estimate of drug-likeness (QED) is 0.584. The fraction of sp³-hybridized carbons (Fsp3) is 0.407. The highest BCUT2D eigenvalue weighted by atomic mass is 16.5. The fourth-order valence-corrected chi connectivity index (χ4v) is 4.79. The van der Waals surface area contributed by atoms with Gasteiger partial charge < -0.3 is 20.3 Å². The summed E-state index contributed by atoms with van der Waals surface area (Å²) in [5.74, 6) is 3.42. The summed E-state index contributed by atoms with van der Waals surface area (Å²) in [6.45, 7) is 7.12. The maximum absolute atomic E-state index is 6.16. The van der Waals surface area contributed by atoms with Gasteiger partial charge in [0.15, 0.2) is 0 Å². The standard InChI is InChI=1S/C27H33N7O/c1-5-6-21-17(2)30-26(16-33(3)4)32-27(21)34-9-10-35-24-8-7-18(11-20(24)15-34)19-12-23-22(29-14-19)13-25(28)31-23/h7-8,11-12,14H,5-6,9-10,13,15-16H2,1-4H3,(H2,28,31). The van der Waals surface area contributed by atoms with Crippen LogP contribution in [0.25, 0.3) is 11.1 Å². The number of nitrogens with zero attached hydrogens (tertiary/aromatic N) is 6. The molecule has 0 spiro atoms. The minimum Gasteiger partial charge on any atom is -0.491 e. The van der Waals surface area contributed by atoms with Crippen LogP contribution in [0.2, 0.25) is 0 Å². The average Bonchev–Trinajstić information content (AvgIpc) is 3.06. The summed E-state index contributed by atoms with van der Waals surface area (Å²) < 4.78 is 6.16. The fourth-order valence-electron chi connectivity index (χ4n) is 4.79. The van der Waals surface area contributed by atoms with Crippen LogP contribution in [-0.4, -0.2) is 52.9 Å². The van der Waals surface area contributed by atoms with E-state index in [1.54, 1.807) is 0 Å². The highest BCUT2D eigenvalue weighted by Gasteiger charge is 2.23. The zero-order valence-corrected chi connectivity index (χ0v) is 21.0. The van der Waals surface area contributed by atoms with Crippen molar-refractivity contribution < 1.29 is 4.74 Å². The molecule has 0 atom stereocenters. The van der Waals surface area contributed by atoms with E-state index in [4.69, 9.17) is 20.4 Å². The van der Waals surface area contributed by atoms with Crippen molar-refractivity contribution in [1.29, 1.82) is 0 Å². The number of hydrogen-bond acceptors (Lipinski definition) is 8. The second-order valence-corrected chi connectivity index (χ2v) is 9.58. The van der Waals surface area contributed by atoms with Gasteiger partial charge in [0.2, 0.25) is 0 Å². The Kier molecular flexibility index (Phi) is 6.38. The largest absolute Gasteiger partial charge is 0.491 e. The smallest absolute Gasteiger partial charge is 0.144 e. The van der Waals surface area contributed by atoms with Crippen LogP contribution in [0.5, 0.6) is 5.75 Å². The van der Waals surface area contributed by atoms with Crippen molar-refractivity contribution in [2.45, 2.75) is 46.2 Å². The number of anilines is 1. The minimum absolute atomic E-state index is 0.609. The van der Waals surface area contributed by atoms with Crippen LogP contribution >= 0.6 is 0 Å². The van der Waals surface area contributed by atoms with Crippen LogP contribution in [0.4, 0.5) is 11.5 Å². The van der Waals surface area contributed by atoms with E-state index in [2.05, 4.69) is 57.9 Å². The lowest BCUT2D eigenvalue weighted by molar-refractivity contribution is 0.331. The number of nitrogens with two attached hydrogens (primary N) is 1. The average molecular weight is 472 g/mol. The van der Waals surface area contributed by atoms with E-state index in [1.165, 1.54) is 5.56 Å². The molecule has 0 amide bonds. The summed E-state index contributed by atoms with van der Waals surface area (Å²) >= 11 is 0. The lowest BCUT2D eigenvalue weighted by Gasteiger charge is -2.25. The summed E-state index contributed by atoms with van der Waals surface area (Å²) in [7, 11) is 4.09. The third-order valence-corrected chi connectivity index (χ3v) is 6.43. The Morgan fingerprint density at radius 2 is 2.00 bits per heavy atom. The van der Waals surface area contributed by atoms with Gasteiger partial charge in [-0.25, -0.2) is 15.0 Å². The lowest BCUT2D eigenvalue weighted by Crippen LogP contribution is -2.29. The van der Waals surface area contributed by atoms with Gasteiger partial charge in [0.1, 0.15) is 29.8 Å². The van der Waals surface area contributed by atoms with Crippen molar-refractivity contribution in [2.75, 3.05) is 32.1 Å². The molecular weight excluding hydrogens is 438 g/mol. The van der Waals surface area contributed by atoms with Gasteiger partial charge in [0, 0.05) is 41.5 Å². The number of pyridine rings is 1. The van der Waals surface area contributed by atoms with Crippen LogP contribution in [0.1, 0.15) is 41.7 Å². The van der Waals surface area contributed by atoms with Crippen molar-refractivity contribution in [2.24, 2.45) is 10.7 Å². The third kappa shape index (κ3) is 4.84. The Labute approximate surface area is 206 Å². The number of aliphatic imine (C=N–C) groups is 1. The van der Waals surface area contributed by atoms with Gasteiger partial charge in [-0.05, 0) is 51.2 Å². The zero-order valence-electron chi connectivity index (χ0n) is 21.0. The Morgan fingerprint density at radius 3 is 2.80 bits per heavy atom. The van der Waals surface area contributed by atoms with E-state index in [0.29, 0.717) is 25.4 Å². The molecular formula is C27H33N7O. The highest BCUT2D eigenvalue weighted by molar-refractivity contribution is 5.91. The first-order valence-electron chi connectivity index (χ1n) is 12.3. The molecule has 2 N–H and O–H groups in total. The van der Waals surface area contributed by atoms with E-state index < -0.39 is 0 Å². The van der Waals surface area contributed by atoms with Crippen LogP contribution in [0.15, 0.2) is 35.5 Å². The predicted octanol–water partition coefficient (Wildman–Crippen LogP) is 3.80. The summed E-state index contributed by atoms with van der Waals surface area (Å²) in [6, 6.07) is 8.42. The second kappa shape index (κ2) is 9.62. The van der Waals surface area contributed by atoms with Crippen molar-refractivity contribution in [3.8, 4) is 16.9 Å². The molecule has 3 aromatic rings. The molecule has 2 aliphatic rings. The molecule has 0 unspecified atom stereocenters. The maximum Gasteiger partial charge on any atom is 0.144 e. The molecule has 5 rings (SSSR count). The normalized spacial score (nSPS) is 14.9. The Balaban J connectivity index is 1.50. The number of aryl methyl sites for hydroxylation is 1. The summed E-state index contributed by atoms with van der Waals surface area (Å²) in [6.07, 6.45) is 4.53. The van der Waals surface area contributed by atoms with Gasteiger partial charge >= 0.3 is 0 Å². The van der Waals surface area contributed by atoms with Crippen molar-refractivity contribution in [1.82, 2.24) is 19.9 Å². The molecule has 35 heavy (non-hydrogen) atoms. The first kappa shape index (κ1) is 23.2. The van der Waals surface area contributed by atoms with Gasteiger partial charge in [-0.1, -0.05) is 19.4 Å². The van der Waals surface area contributed by atoms with E-state index in [9.17, 15) is 0 Å². The molecule has 4 heterocycles. The number of amidine groups is 1. The van der Waals surface area contributed by atoms with Crippen LogP contribution in [0.3, 0.4) is 0 Å². The second-order valence-electron chi connectivity index (χ2n) is 9.58. The summed E-state index contributed by atoms with van der Waals surface area (Å²) in [5.41, 5.74) is 13.3. The number of ether oxygens (including phenoxy) is 1. The van der Waals surface area contributed by atoms with E-state index in [0.717, 1.165) is 77.1 Å². The Bertz CT molecular complexity index is 1280. The molecule has 0 saturated carbocycles.